The second-order valence-corrected chi connectivity index (χ2v) is 18.0. The molecule has 0 aliphatic carbocycles. The van der Waals surface area contributed by atoms with E-state index in [1.54, 1.807) is 0 Å². The largest absolute Gasteiger partial charge is 0.456 e. The van der Waals surface area contributed by atoms with Gasteiger partial charge in [-0.3, -0.25) is 0 Å². The van der Waals surface area contributed by atoms with E-state index in [0.29, 0.717) is 17.5 Å². The zero-order valence-corrected chi connectivity index (χ0v) is 37.8. The third-order valence-corrected chi connectivity index (χ3v) is 13.8. The highest BCUT2D eigenvalue weighted by atomic mass is 16.3. The van der Waals surface area contributed by atoms with Crippen LogP contribution in [0.15, 0.2) is 247 Å². The van der Waals surface area contributed by atoms with E-state index in [-0.39, 0.29) is 0 Å². The van der Waals surface area contributed by atoms with Gasteiger partial charge in [-0.15, -0.1) is 0 Å². The Hall–Kier alpha value is -9.45. The number of rotatable bonds is 7. The molecule has 0 spiro atoms. The van der Waals surface area contributed by atoms with E-state index >= 15 is 0 Å². The van der Waals surface area contributed by atoms with E-state index in [0.717, 1.165) is 88.7 Å². The van der Waals surface area contributed by atoms with Crippen LogP contribution in [-0.4, -0.2) is 19.5 Å². The normalized spacial score (nSPS) is 11.7. The molecule has 0 amide bonds. The minimum atomic E-state index is 0.580. The molecule has 0 atom stereocenters. The van der Waals surface area contributed by atoms with Crippen LogP contribution in [-0.2, 0) is 0 Å². The maximum atomic E-state index is 6.56. The molecular weight excluding hydrogens is 853 g/mol. The van der Waals surface area contributed by atoms with Crippen LogP contribution in [0.2, 0.25) is 0 Å². The summed E-state index contributed by atoms with van der Waals surface area (Å²) in [5, 5.41) is 9.43. The van der Waals surface area contributed by atoms with Gasteiger partial charge in [0.1, 0.15) is 11.2 Å². The Balaban J connectivity index is 1.01. The lowest BCUT2D eigenvalue weighted by Crippen LogP contribution is -2.02. The summed E-state index contributed by atoms with van der Waals surface area (Å²) in [7, 11) is 0. The molecule has 5 heteroatoms. The number of hydrogen-bond acceptors (Lipinski definition) is 4. The maximum absolute atomic E-state index is 6.56. The van der Waals surface area contributed by atoms with Crippen molar-refractivity contribution in [1.82, 2.24) is 19.5 Å². The lowest BCUT2D eigenvalue weighted by atomic mass is 9.98. The summed E-state index contributed by atoms with van der Waals surface area (Å²) in [5.74, 6) is 1.78. The molecule has 0 aliphatic heterocycles. The molecule has 0 saturated carbocycles. The van der Waals surface area contributed by atoms with Crippen molar-refractivity contribution in [3.63, 3.8) is 0 Å². The summed E-state index contributed by atoms with van der Waals surface area (Å²) < 4.78 is 9.00. The van der Waals surface area contributed by atoms with Crippen LogP contribution in [0.5, 0.6) is 0 Å². The van der Waals surface area contributed by atoms with Gasteiger partial charge in [0, 0.05) is 43.8 Å². The van der Waals surface area contributed by atoms with E-state index in [9.17, 15) is 0 Å². The third kappa shape index (κ3) is 6.67. The molecule has 0 unspecified atom stereocenters. The van der Waals surface area contributed by atoms with Gasteiger partial charge in [0.05, 0.1) is 16.7 Å². The van der Waals surface area contributed by atoms with Crippen molar-refractivity contribution in [1.29, 1.82) is 0 Å². The Morgan fingerprint density at radius 3 is 1.46 bits per heavy atom. The summed E-state index contributed by atoms with van der Waals surface area (Å²) in [6, 6.07) is 85.9. The lowest BCUT2D eigenvalue weighted by molar-refractivity contribution is 0.669. The first-order chi connectivity index (χ1) is 34.7. The second kappa shape index (κ2) is 16.1. The number of aromatic nitrogens is 4. The first-order valence-electron chi connectivity index (χ1n) is 23.7. The van der Waals surface area contributed by atoms with Crippen molar-refractivity contribution in [3.05, 3.63) is 243 Å². The Bertz CT molecular complexity index is 4220. The summed E-state index contributed by atoms with van der Waals surface area (Å²) in [4.78, 5) is 15.8. The molecule has 5 nitrogen and oxygen atoms in total. The predicted octanol–water partition coefficient (Wildman–Crippen LogP) is 17.2. The SMILES string of the molecule is c1ccc(-c2ccc(-c3nc(-c4ccc(-c5ccccc5)cc4)nc(-c4ccc(-n5c6cc7ccccc7cc6c6c7ccccc7ccc65)c(-c5ccc6c(c5)oc5ccccc56)c4)n3)cc2)cc1. The average Bonchev–Trinajstić information content (AvgIpc) is 3.97. The van der Waals surface area contributed by atoms with Gasteiger partial charge in [-0.05, 0) is 104 Å². The molecule has 11 aromatic carbocycles. The smallest absolute Gasteiger partial charge is 0.164 e. The van der Waals surface area contributed by atoms with E-state index in [2.05, 4.69) is 223 Å². The number of para-hydroxylation sites is 1. The number of furan rings is 1. The standard InChI is InChI=1S/C65H40N4O/c1-3-13-41(14-4-1)43-23-27-46(28-24-43)63-66-64(47-29-25-44(26-30-47)42-15-5-2-6-16-42)68-65(67-63)51-33-35-57(55(38-51)50-31-34-54-53-21-11-12-22-60(53)70-61(54)40-50)69-58-36-32-45-17-9-10-20-52(45)62(58)56-37-48-18-7-8-19-49(48)39-59(56)69/h1-40H. The monoisotopic (exact) mass is 892 g/mol. The Morgan fingerprint density at radius 1 is 0.286 bits per heavy atom. The van der Waals surface area contributed by atoms with Crippen LogP contribution in [0, 0.1) is 0 Å². The molecule has 14 aromatic rings. The van der Waals surface area contributed by atoms with Crippen LogP contribution in [0.3, 0.4) is 0 Å². The molecule has 0 fully saturated rings. The van der Waals surface area contributed by atoms with Crippen LogP contribution in [0.25, 0.3) is 139 Å². The fourth-order valence-electron chi connectivity index (χ4n) is 10.4. The number of hydrogen-bond donors (Lipinski definition) is 0. The summed E-state index contributed by atoms with van der Waals surface area (Å²) in [6.07, 6.45) is 0. The first-order valence-corrected chi connectivity index (χ1v) is 23.7. The van der Waals surface area contributed by atoms with Gasteiger partial charge in [-0.1, -0.05) is 188 Å². The Labute approximate surface area is 403 Å². The van der Waals surface area contributed by atoms with Crippen molar-refractivity contribution in [2.75, 3.05) is 0 Å². The predicted molar refractivity (Wildman–Crippen MR) is 289 cm³/mol. The fraction of sp³-hybridized carbons (Fsp3) is 0. The van der Waals surface area contributed by atoms with E-state index in [4.69, 9.17) is 19.4 Å². The molecule has 3 heterocycles. The fourth-order valence-corrected chi connectivity index (χ4v) is 10.4. The van der Waals surface area contributed by atoms with Gasteiger partial charge in [0.15, 0.2) is 17.5 Å². The van der Waals surface area contributed by atoms with Gasteiger partial charge in [0.25, 0.3) is 0 Å². The Kier molecular flexibility index (Phi) is 9.14. The molecule has 0 aliphatic rings. The molecule has 70 heavy (non-hydrogen) atoms. The Morgan fingerprint density at radius 2 is 0.786 bits per heavy atom. The van der Waals surface area contributed by atoms with E-state index in [1.165, 1.54) is 32.3 Å². The van der Waals surface area contributed by atoms with Crippen LogP contribution < -0.4 is 0 Å². The zero-order chi connectivity index (χ0) is 46.1. The van der Waals surface area contributed by atoms with Gasteiger partial charge >= 0.3 is 0 Å². The topological polar surface area (TPSA) is 56.7 Å². The van der Waals surface area contributed by atoms with E-state index < -0.39 is 0 Å². The van der Waals surface area contributed by atoms with Crippen molar-refractivity contribution >= 4 is 65.3 Å². The molecular formula is C65H40N4O. The highest BCUT2D eigenvalue weighted by Gasteiger charge is 2.22. The quantitative estimate of drug-likeness (QED) is 0.160. The van der Waals surface area contributed by atoms with Crippen LogP contribution >= 0.6 is 0 Å². The van der Waals surface area contributed by atoms with Crippen molar-refractivity contribution < 1.29 is 4.42 Å². The lowest BCUT2D eigenvalue weighted by Gasteiger charge is -2.17. The summed E-state index contributed by atoms with van der Waals surface area (Å²) in [6.45, 7) is 0. The molecule has 14 rings (SSSR count). The number of fused-ring (bicyclic) bond motifs is 9. The van der Waals surface area contributed by atoms with E-state index in [1.807, 2.05) is 24.3 Å². The highest BCUT2D eigenvalue weighted by molar-refractivity contribution is 6.23. The van der Waals surface area contributed by atoms with Gasteiger partial charge < -0.3 is 8.98 Å². The highest BCUT2D eigenvalue weighted by Crippen LogP contribution is 2.43. The average molecular weight is 893 g/mol. The number of nitrogens with zero attached hydrogens (tertiary/aromatic N) is 4. The van der Waals surface area contributed by atoms with Gasteiger partial charge in [0.2, 0.25) is 0 Å². The molecule has 0 bridgehead atoms. The molecule has 3 aromatic heterocycles. The van der Waals surface area contributed by atoms with Crippen molar-refractivity contribution in [2.24, 2.45) is 0 Å². The van der Waals surface area contributed by atoms with Crippen LogP contribution in [0.1, 0.15) is 0 Å². The maximum Gasteiger partial charge on any atom is 0.164 e. The molecule has 0 radical (unpaired) electrons. The molecule has 326 valence electrons. The van der Waals surface area contributed by atoms with Gasteiger partial charge in [-0.25, -0.2) is 15.0 Å². The van der Waals surface area contributed by atoms with Crippen LogP contribution in [0.4, 0.5) is 0 Å². The molecule has 0 N–H and O–H groups in total. The minimum Gasteiger partial charge on any atom is -0.456 e. The van der Waals surface area contributed by atoms with Crippen molar-refractivity contribution in [3.8, 4) is 73.2 Å². The van der Waals surface area contributed by atoms with Gasteiger partial charge in [-0.2, -0.15) is 0 Å². The zero-order valence-electron chi connectivity index (χ0n) is 37.8. The third-order valence-electron chi connectivity index (χ3n) is 13.8. The first kappa shape index (κ1) is 39.7. The molecule has 0 saturated heterocycles. The summed E-state index contributed by atoms with van der Waals surface area (Å²) >= 11 is 0. The van der Waals surface area contributed by atoms with Crippen molar-refractivity contribution in [2.45, 2.75) is 0 Å². The number of benzene rings is 11. The second-order valence-electron chi connectivity index (χ2n) is 18.0. The minimum absolute atomic E-state index is 0.580. The summed E-state index contributed by atoms with van der Waals surface area (Å²) in [5.41, 5.74) is 14.3.